The molecule has 4 fully saturated rings. The number of nitrogens with one attached hydrogen (secondary N) is 2. The molecule has 6 nitrogen and oxygen atoms in total. The fourth-order valence-electron chi connectivity index (χ4n) is 6.13. The van der Waals surface area contributed by atoms with Crippen molar-refractivity contribution >= 4 is 23.3 Å². The van der Waals surface area contributed by atoms with Crippen molar-refractivity contribution in [2.24, 2.45) is 23.2 Å². The van der Waals surface area contributed by atoms with Gasteiger partial charge < -0.3 is 15.4 Å². The van der Waals surface area contributed by atoms with Crippen molar-refractivity contribution in [3.63, 3.8) is 0 Å². The molecular formula is C24H27N3O3. The molecule has 156 valence electrons. The molecule has 30 heavy (non-hydrogen) atoms. The third-order valence-corrected chi connectivity index (χ3v) is 7.14. The van der Waals surface area contributed by atoms with E-state index in [0.29, 0.717) is 22.8 Å². The van der Waals surface area contributed by atoms with Crippen LogP contribution in [0.25, 0.3) is 0 Å². The van der Waals surface area contributed by atoms with Gasteiger partial charge in [0.1, 0.15) is 11.6 Å². The van der Waals surface area contributed by atoms with E-state index in [-0.39, 0.29) is 17.2 Å². The highest BCUT2D eigenvalue weighted by Crippen LogP contribution is 2.60. The largest absolute Gasteiger partial charge is 0.497 e. The Morgan fingerprint density at radius 2 is 1.57 bits per heavy atom. The van der Waals surface area contributed by atoms with Crippen LogP contribution in [0.5, 0.6) is 5.75 Å². The molecule has 6 heteroatoms. The first-order valence-electron chi connectivity index (χ1n) is 10.8. The molecule has 0 radical (unpaired) electrons. The summed E-state index contributed by atoms with van der Waals surface area (Å²) < 4.78 is 5.11. The van der Waals surface area contributed by atoms with E-state index in [4.69, 9.17) is 4.74 Å². The van der Waals surface area contributed by atoms with Gasteiger partial charge in [0.25, 0.3) is 5.91 Å². The molecule has 1 heterocycles. The Balaban J connectivity index is 1.22. The van der Waals surface area contributed by atoms with Crippen molar-refractivity contribution in [2.45, 2.75) is 38.5 Å². The minimum absolute atomic E-state index is 0.151. The maximum atomic E-state index is 13.1. The monoisotopic (exact) mass is 405 g/mol. The van der Waals surface area contributed by atoms with Gasteiger partial charge in [-0.2, -0.15) is 0 Å². The van der Waals surface area contributed by atoms with Crippen molar-refractivity contribution in [1.82, 2.24) is 4.98 Å². The lowest BCUT2D eigenvalue weighted by Gasteiger charge is -2.55. The standard InChI is InChI=1S/C24H27N3O3/c1-30-20-5-2-18(3-6-20)22(28)27-21-7-4-19(14-25-21)26-23(29)24-11-15-8-16(12-24)10-17(9-15)13-24/h2-7,14-17H,8-13H2,1H3,(H,26,29)(H,25,27,28). The quantitative estimate of drug-likeness (QED) is 0.768. The summed E-state index contributed by atoms with van der Waals surface area (Å²) in [6, 6.07) is 10.4. The smallest absolute Gasteiger partial charge is 0.256 e. The van der Waals surface area contributed by atoms with E-state index in [1.54, 1.807) is 49.7 Å². The summed E-state index contributed by atoms with van der Waals surface area (Å²) in [5, 5.41) is 5.88. The number of methoxy groups -OCH3 is 1. The highest BCUT2D eigenvalue weighted by atomic mass is 16.5. The second-order valence-electron chi connectivity index (χ2n) is 9.27. The highest BCUT2D eigenvalue weighted by Gasteiger charge is 2.54. The van der Waals surface area contributed by atoms with Crippen LogP contribution in [0, 0.1) is 23.2 Å². The molecule has 2 amide bonds. The number of carbonyl (C=O) groups excluding carboxylic acids is 2. The molecule has 0 spiro atoms. The zero-order chi connectivity index (χ0) is 20.7. The summed E-state index contributed by atoms with van der Waals surface area (Å²) in [5.41, 5.74) is 1.02. The SMILES string of the molecule is COc1ccc(C(=O)Nc2ccc(NC(=O)C34CC5CC(CC(C5)C3)C4)cn2)cc1. The number of carbonyl (C=O) groups is 2. The first-order chi connectivity index (χ1) is 14.5. The van der Waals surface area contributed by atoms with Crippen LogP contribution in [0.15, 0.2) is 42.6 Å². The van der Waals surface area contributed by atoms with Gasteiger partial charge >= 0.3 is 0 Å². The lowest BCUT2D eigenvalue weighted by atomic mass is 9.49. The van der Waals surface area contributed by atoms with Crippen LogP contribution in [0.2, 0.25) is 0 Å². The van der Waals surface area contributed by atoms with Gasteiger partial charge in [0, 0.05) is 5.56 Å². The molecule has 4 saturated carbocycles. The Morgan fingerprint density at radius 3 is 2.10 bits per heavy atom. The molecule has 4 aliphatic carbocycles. The van der Waals surface area contributed by atoms with Crippen LogP contribution < -0.4 is 15.4 Å². The highest BCUT2D eigenvalue weighted by molar-refractivity contribution is 6.04. The molecule has 2 N–H and O–H groups in total. The van der Waals surface area contributed by atoms with Crippen molar-refractivity contribution in [3.05, 3.63) is 48.2 Å². The summed E-state index contributed by atoms with van der Waals surface area (Å²) in [7, 11) is 1.59. The Labute approximate surface area is 176 Å². The number of hydrogen-bond donors (Lipinski definition) is 2. The fraction of sp³-hybridized carbons (Fsp3) is 0.458. The van der Waals surface area contributed by atoms with Crippen molar-refractivity contribution in [2.75, 3.05) is 17.7 Å². The van der Waals surface area contributed by atoms with Gasteiger partial charge in [-0.1, -0.05) is 0 Å². The van der Waals surface area contributed by atoms with Crippen LogP contribution in [0.1, 0.15) is 48.9 Å². The minimum atomic E-state index is -0.240. The van der Waals surface area contributed by atoms with E-state index in [0.717, 1.165) is 37.0 Å². The zero-order valence-electron chi connectivity index (χ0n) is 17.2. The molecule has 0 saturated heterocycles. The first kappa shape index (κ1) is 19.1. The number of ether oxygens (including phenoxy) is 1. The van der Waals surface area contributed by atoms with Crippen molar-refractivity contribution in [3.8, 4) is 5.75 Å². The molecule has 6 rings (SSSR count). The number of rotatable bonds is 5. The Bertz CT molecular complexity index is 917. The predicted octanol–water partition coefficient (Wildman–Crippen LogP) is 4.50. The molecule has 4 bridgehead atoms. The van der Waals surface area contributed by atoms with E-state index in [2.05, 4.69) is 15.6 Å². The van der Waals surface area contributed by atoms with Crippen molar-refractivity contribution < 1.29 is 14.3 Å². The van der Waals surface area contributed by atoms with Gasteiger partial charge in [0.15, 0.2) is 0 Å². The number of nitrogens with zero attached hydrogens (tertiary/aromatic N) is 1. The number of pyridine rings is 1. The molecule has 0 unspecified atom stereocenters. The van der Waals surface area contributed by atoms with E-state index in [9.17, 15) is 9.59 Å². The number of hydrogen-bond acceptors (Lipinski definition) is 4. The summed E-state index contributed by atoms with van der Waals surface area (Å²) in [6.45, 7) is 0. The van der Waals surface area contributed by atoms with Crippen molar-refractivity contribution in [1.29, 1.82) is 0 Å². The van der Waals surface area contributed by atoms with Crippen LogP contribution in [-0.4, -0.2) is 23.9 Å². The molecule has 1 aromatic carbocycles. The molecule has 0 atom stereocenters. The lowest BCUT2D eigenvalue weighted by Crippen LogP contribution is -2.51. The van der Waals surface area contributed by atoms with E-state index in [1.807, 2.05) is 0 Å². The summed E-state index contributed by atoms with van der Waals surface area (Å²) >= 11 is 0. The molecule has 2 aromatic rings. The van der Waals surface area contributed by atoms with Crippen LogP contribution >= 0.6 is 0 Å². The number of amides is 2. The average Bonchev–Trinajstić information content (AvgIpc) is 2.74. The van der Waals surface area contributed by atoms with Gasteiger partial charge in [-0.3, -0.25) is 9.59 Å². The van der Waals surface area contributed by atoms with Crippen LogP contribution in [0.4, 0.5) is 11.5 Å². The molecule has 4 aliphatic rings. The van der Waals surface area contributed by atoms with Gasteiger partial charge in [0.05, 0.1) is 24.4 Å². The van der Waals surface area contributed by atoms with Crippen LogP contribution in [-0.2, 0) is 4.79 Å². The lowest BCUT2D eigenvalue weighted by molar-refractivity contribution is -0.140. The van der Waals surface area contributed by atoms with Gasteiger partial charge in [-0.05, 0) is 92.7 Å². The minimum Gasteiger partial charge on any atom is -0.497 e. The number of aromatic nitrogens is 1. The normalized spacial score (nSPS) is 28.8. The van der Waals surface area contributed by atoms with E-state index < -0.39 is 0 Å². The summed E-state index contributed by atoms with van der Waals surface area (Å²) in [6.07, 6.45) is 8.67. The maximum absolute atomic E-state index is 13.1. The Morgan fingerprint density at radius 1 is 0.933 bits per heavy atom. The van der Waals surface area contributed by atoms with Gasteiger partial charge in [-0.25, -0.2) is 4.98 Å². The number of anilines is 2. The molecule has 0 aliphatic heterocycles. The number of benzene rings is 1. The third kappa shape index (κ3) is 3.55. The third-order valence-electron chi connectivity index (χ3n) is 7.14. The Kier molecular flexibility index (Phi) is 4.72. The second kappa shape index (κ2) is 7.42. The predicted molar refractivity (Wildman–Crippen MR) is 114 cm³/mol. The summed E-state index contributed by atoms with van der Waals surface area (Å²) in [5.74, 6) is 3.25. The maximum Gasteiger partial charge on any atom is 0.256 e. The first-order valence-corrected chi connectivity index (χ1v) is 10.8. The zero-order valence-corrected chi connectivity index (χ0v) is 17.2. The van der Waals surface area contributed by atoms with E-state index >= 15 is 0 Å². The Hall–Kier alpha value is -2.89. The van der Waals surface area contributed by atoms with Gasteiger partial charge in [-0.15, -0.1) is 0 Å². The topological polar surface area (TPSA) is 80.3 Å². The van der Waals surface area contributed by atoms with Crippen LogP contribution in [0.3, 0.4) is 0 Å². The summed E-state index contributed by atoms with van der Waals surface area (Å²) in [4.78, 5) is 29.8. The fourth-order valence-corrected chi connectivity index (χ4v) is 6.13. The average molecular weight is 405 g/mol. The van der Waals surface area contributed by atoms with Gasteiger partial charge in [0.2, 0.25) is 5.91 Å². The second-order valence-corrected chi connectivity index (χ2v) is 9.27. The van der Waals surface area contributed by atoms with E-state index in [1.165, 1.54) is 19.3 Å². The molecule has 1 aromatic heterocycles. The molecular weight excluding hydrogens is 378 g/mol.